The zero-order valence-corrected chi connectivity index (χ0v) is 22.8. The molecule has 2 bridgehead atoms. The molecule has 0 aliphatic carbocycles. The van der Waals surface area contributed by atoms with Crippen molar-refractivity contribution in [1.29, 1.82) is 5.26 Å². The van der Waals surface area contributed by atoms with E-state index in [0.29, 0.717) is 18.8 Å². The number of carbonyl (C=O) groups excluding carboxylic acids is 1. The maximum absolute atomic E-state index is 11.7. The van der Waals surface area contributed by atoms with E-state index < -0.39 is 0 Å². The maximum atomic E-state index is 11.7. The Labute approximate surface area is 229 Å². The number of aromatic nitrogens is 5. The predicted octanol–water partition coefficient (Wildman–Crippen LogP) is 3.19. The first-order chi connectivity index (χ1) is 18.9. The van der Waals surface area contributed by atoms with Gasteiger partial charge < -0.3 is 20.3 Å². The lowest BCUT2D eigenvalue weighted by molar-refractivity contribution is -0.122. The number of carbonyl (C=O) groups is 1. The highest BCUT2D eigenvalue weighted by Gasteiger charge is 2.41. The third-order valence-corrected chi connectivity index (χ3v) is 8.13. The minimum absolute atomic E-state index is 0.000487. The molecule has 11 nitrogen and oxygen atoms in total. The Morgan fingerprint density at radius 1 is 1.18 bits per heavy atom. The second-order valence-electron chi connectivity index (χ2n) is 10.4. The number of hydrogen-bond donors (Lipinski definition) is 2. The lowest BCUT2D eigenvalue weighted by atomic mass is 9.82. The van der Waals surface area contributed by atoms with Crippen molar-refractivity contribution in [3.8, 4) is 28.0 Å². The molecule has 0 aromatic carbocycles. The van der Waals surface area contributed by atoms with Gasteiger partial charge in [-0.25, -0.2) is 4.52 Å². The van der Waals surface area contributed by atoms with E-state index in [0.717, 1.165) is 51.4 Å². The summed E-state index contributed by atoms with van der Waals surface area (Å²) in [5, 5.41) is 31.0. The van der Waals surface area contributed by atoms with Crippen LogP contribution in [0.15, 0.2) is 36.7 Å². The molecule has 4 aromatic heterocycles. The molecule has 3 atom stereocenters. The molecule has 1 amide bonds. The maximum Gasteiger partial charge on any atom is 0.217 e. The fourth-order valence-corrected chi connectivity index (χ4v) is 6.35. The van der Waals surface area contributed by atoms with Crippen molar-refractivity contribution in [1.82, 2.24) is 30.1 Å². The number of amides is 1. The fraction of sp³-hybridized carbons (Fsp3) is 0.407. The lowest BCUT2D eigenvalue weighted by Gasteiger charge is -2.46. The van der Waals surface area contributed by atoms with Crippen LogP contribution >= 0.6 is 11.3 Å². The number of nitrogens with one attached hydrogen (secondary N) is 2. The molecule has 200 valence electrons. The zero-order valence-electron chi connectivity index (χ0n) is 22.0. The Morgan fingerprint density at radius 2 is 1.97 bits per heavy atom. The van der Waals surface area contributed by atoms with Crippen LogP contribution < -0.4 is 15.5 Å². The van der Waals surface area contributed by atoms with Crippen molar-refractivity contribution < 1.29 is 9.53 Å². The molecular formula is C27H29N9O2S. The van der Waals surface area contributed by atoms with Crippen LogP contribution in [0.25, 0.3) is 27.5 Å². The van der Waals surface area contributed by atoms with Gasteiger partial charge in [0.15, 0.2) is 5.01 Å². The summed E-state index contributed by atoms with van der Waals surface area (Å²) in [5.74, 6) is 0.422. The van der Waals surface area contributed by atoms with Crippen LogP contribution in [0.2, 0.25) is 0 Å². The standard InChI is InChI=1S/C27H29N9O2S/c1-15(2)31-22-7-23(24-5-4-20-6-17(8-28)9-30-36(20)24)29-10-21(22)26-33-34-27(39-26)35-11-18-13-38-14-19(12-35)25(18)32-16(3)37/h4-7,9-10,15,18-19,25H,11-14H2,1-3H3,(H,29,31)(H,32,37)/t18-,19+,25-. The van der Waals surface area contributed by atoms with E-state index in [9.17, 15) is 10.1 Å². The zero-order chi connectivity index (χ0) is 27.1. The van der Waals surface area contributed by atoms with Crippen LogP contribution in [0.3, 0.4) is 0 Å². The Kier molecular flexibility index (Phi) is 6.62. The summed E-state index contributed by atoms with van der Waals surface area (Å²) in [6.45, 7) is 8.51. The summed E-state index contributed by atoms with van der Waals surface area (Å²) in [7, 11) is 0. The van der Waals surface area contributed by atoms with Gasteiger partial charge in [-0.3, -0.25) is 9.78 Å². The van der Waals surface area contributed by atoms with Crippen molar-refractivity contribution in [3.63, 3.8) is 0 Å². The van der Waals surface area contributed by atoms with Crippen molar-refractivity contribution in [2.24, 2.45) is 11.8 Å². The summed E-state index contributed by atoms with van der Waals surface area (Å²) >= 11 is 1.54. The topological polar surface area (TPSA) is 133 Å². The van der Waals surface area contributed by atoms with Crippen LogP contribution in [-0.2, 0) is 9.53 Å². The van der Waals surface area contributed by atoms with E-state index in [2.05, 4.69) is 50.7 Å². The predicted molar refractivity (Wildman–Crippen MR) is 148 cm³/mol. The van der Waals surface area contributed by atoms with Crippen LogP contribution in [0.4, 0.5) is 10.8 Å². The lowest BCUT2D eigenvalue weighted by Crippen LogP contribution is -2.61. The van der Waals surface area contributed by atoms with Crippen molar-refractivity contribution in [2.45, 2.75) is 32.9 Å². The molecule has 12 heteroatoms. The third kappa shape index (κ3) is 4.91. The fourth-order valence-electron chi connectivity index (χ4n) is 5.47. The number of fused-ring (bicyclic) bond motifs is 3. The molecule has 2 N–H and O–H groups in total. The van der Waals surface area contributed by atoms with E-state index in [-0.39, 0.29) is 29.8 Å². The van der Waals surface area contributed by atoms with Gasteiger partial charge in [0, 0.05) is 55.8 Å². The summed E-state index contributed by atoms with van der Waals surface area (Å²) < 4.78 is 7.58. The number of hydrogen-bond acceptors (Lipinski definition) is 10. The first-order valence-electron chi connectivity index (χ1n) is 13.0. The van der Waals surface area contributed by atoms with Gasteiger partial charge in [-0.05, 0) is 38.1 Å². The highest BCUT2D eigenvalue weighted by atomic mass is 32.1. The Balaban J connectivity index is 1.29. The van der Waals surface area contributed by atoms with Gasteiger partial charge in [0.1, 0.15) is 6.07 Å². The van der Waals surface area contributed by atoms with Crippen molar-refractivity contribution in [3.05, 3.63) is 42.2 Å². The van der Waals surface area contributed by atoms with Crippen LogP contribution in [0, 0.1) is 23.2 Å². The minimum atomic E-state index is 0.000487. The quantitative estimate of drug-likeness (QED) is 0.376. The highest BCUT2D eigenvalue weighted by molar-refractivity contribution is 7.18. The van der Waals surface area contributed by atoms with E-state index in [4.69, 9.17) is 9.72 Å². The average molecular weight is 544 g/mol. The molecule has 0 spiro atoms. The van der Waals surface area contributed by atoms with Gasteiger partial charge >= 0.3 is 0 Å². The van der Waals surface area contributed by atoms with Gasteiger partial charge in [-0.15, -0.1) is 10.2 Å². The smallest absolute Gasteiger partial charge is 0.217 e. The Hall–Kier alpha value is -4.08. The molecule has 0 radical (unpaired) electrons. The monoisotopic (exact) mass is 543 g/mol. The van der Waals surface area contributed by atoms with Crippen LogP contribution in [0.1, 0.15) is 26.3 Å². The summed E-state index contributed by atoms with van der Waals surface area (Å²) in [5.41, 5.74) is 4.74. The molecule has 0 unspecified atom stereocenters. The van der Waals surface area contributed by atoms with Crippen LogP contribution in [-0.4, -0.2) is 69.1 Å². The Morgan fingerprint density at radius 3 is 2.69 bits per heavy atom. The van der Waals surface area contributed by atoms with Gasteiger partial charge in [-0.2, -0.15) is 10.4 Å². The number of ether oxygens (including phenoxy) is 1. The van der Waals surface area contributed by atoms with E-state index in [1.807, 2.05) is 24.4 Å². The molecule has 2 saturated heterocycles. The number of anilines is 2. The van der Waals surface area contributed by atoms with Crippen LogP contribution in [0.5, 0.6) is 0 Å². The summed E-state index contributed by atoms with van der Waals surface area (Å²) in [6.07, 6.45) is 3.39. The largest absolute Gasteiger partial charge is 0.382 e. The van der Waals surface area contributed by atoms with Gasteiger partial charge in [0.25, 0.3) is 0 Å². The van der Waals surface area contributed by atoms with Crippen molar-refractivity contribution in [2.75, 3.05) is 36.5 Å². The molecule has 0 saturated carbocycles. The van der Waals surface area contributed by atoms with E-state index in [1.54, 1.807) is 35.0 Å². The molecule has 6 heterocycles. The highest BCUT2D eigenvalue weighted by Crippen LogP contribution is 2.38. The number of rotatable bonds is 6. The van der Waals surface area contributed by atoms with Crippen molar-refractivity contribution >= 4 is 33.6 Å². The Bertz CT molecular complexity index is 1560. The third-order valence-electron chi connectivity index (χ3n) is 7.11. The molecule has 4 aromatic rings. The first kappa shape index (κ1) is 25.2. The van der Waals surface area contributed by atoms with Gasteiger partial charge in [0.2, 0.25) is 11.0 Å². The second kappa shape index (κ2) is 10.2. The molecule has 2 fully saturated rings. The van der Waals surface area contributed by atoms with E-state index >= 15 is 0 Å². The number of pyridine rings is 1. The van der Waals surface area contributed by atoms with Gasteiger partial charge in [-0.1, -0.05) is 11.3 Å². The minimum Gasteiger partial charge on any atom is -0.382 e. The molecule has 2 aliphatic rings. The number of nitrogens with zero attached hydrogens (tertiary/aromatic N) is 7. The van der Waals surface area contributed by atoms with Gasteiger partial charge in [0.05, 0.1) is 47.4 Å². The number of nitriles is 1. The first-order valence-corrected chi connectivity index (χ1v) is 13.8. The summed E-state index contributed by atoms with van der Waals surface area (Å²) in [6, 6.07) is 10.2. The molecule has 6 rings (SSSR count). The normalized spacial score (nSPS) is 20.7. The van der Waals surface area contributed by atoms with E-state index in [1.165, 1.54) is 0 Å². The molecule has 39 heavy (non-hydrogen) atoms. The molecular weight excluding hydrogens is 514 g/mol. The second-order valence-corrected chi connectivity index (χ2v) is 11.4. The molecule has 2 aliphatic heterocycles. The average Bonchev–Trinajstić information content (AvgIpc) is 3.55. The SMILES string of the molecule is CC(=O)N[C@H]1[C@@H]2COC[C@H]1CN(c1nnc(-c3cnc(-c4ccc5cc(C#N)cnn45)cc3NC(C)C)s1)C2. The number of piperidine rings is 1. The summed E-state index contributed by atoms with van der Waals surface area (Å²) in [4.78, 5) is 18.8.